The highest BCUT2D eigenvalue weighted by molar-refractivity contribution is 5.88. The second-order valence-corrected chi connectivity index (χ2v) is 4.29. The summed E-state index contributed by atoms with van der Waals surface area (Å²) in [5.74, 6) is -1.26. The third-order valence-electron chi connectivity index (χ3n) is 3.02. The molecule has 0 amide bonds. The first-order valence-electron chi connectivity index (χ1n) is 6.10. The van der Waals surface area contributed by atoms with Gasteiger partial charge in [-0.15, -0.1) is 0 Å². The summed E-state index contributed by atoms with van der Waals surface area (Å²) in [6, 6.07) is 14.1. The van der Waals surface area contributed by atoms with Crippen LogP contribution in [0.15, 0.2) is 48.5 Å². The number of hydrogen-bond donors (Lipinski definition) is 1. The van der Waals surface area contributed by atoms with Crippen molar-refractivity contribution in [3.63, 3.8) is 0 Å². The van der Waals surface area contributed by atoms with Gasteiger partial charge in [-0.1, -0.05) is 36.4 Å². The Bertz CT molecular complexity index is 629. The van der Waals surface area contributed by atoms with Gasteiger partial charge in [0.25, 0.3) is 0 Å². The van der Waals surface area contributed by atoms with Crippen molar-refractivity contribution in [1.82, 2.24) is 0 Å². The molecule has 0 saturated heterocycles. The lowest BCUT2D eigenvalue weighted by atomic mass is 9.97. The van der Waals surface area contributed by atoms with Gasteiger partial charge in [0.2, 0.25) is 0 Å². The minimum absolute atomic E-state index is 0.188. The SMILES string of the molecule is COC(=O)Cc1ccccc1-c1ccc(C(=O)O)cc1. The third-order valence-corrected chi connectivity index (χ3v) is 3.02. The van der Waals surface area contributed by atoms with Gasteiger partial charge in [0.05, 0.1) is 19.1 Å². The highest BCUT2D eigenvalue weighted by Gasteiger charge is 2.10. The predicted molar refractivity (Wildman–Crippen MR) is 74.6 cm³/mol. The van der Waals surface area contributed by atoms with Crippen LogP contribution in [-0.2, 0) is 16.0 Å². The average molecular weight is 270 g/mol. The number of carboxylic acids is 1. The van der Waals surface area contributed by atoms with E-state index >= 15 is 0 Å². The Hall–Kier alpha value is -2.62. The maximum absolute atomic E-state index is 11.4. The number of rotatable bonds is 4. The molecule has 0 bridgehead atoms. The van der Waals surface area contributed by atoms with Gasteiger partial charge in [-0.3, -0.25) is 4.79 Å². The molecular formula is C16H14O4. The molecule has 0 aliphatic carbocycles. The second-order valence-electron chi connectivity index (χ2n) is 4.29. The number of ether oxygens (including phenoxy) is 1. The number of carbonyl (C=O) groups is 2. The summed E-state index contributed by atoms with van der Waals surface area (Å²) >= 11 is 0. The second kappa shape index (κ2) is 6.02. The summed E-state index contributed by atoms with van der Waals surface area (Å²) in [6.07, 6.45) is 0.188. The molecule has 102 valence electrons. The number of methoxy groups -OCH3 is 1. The van der Waals surface area contributed by atoms with E-state index in [0.717, 1.165) is 16.7 Å². The molecule has 0 aliphatic rings. The Morgan fingerprint density at radius 2 is 1.70 bits per heavy atom. The van der Waals surface area contributed by atoms with Crippen molar-refractivity contribution in [3.05, 3.63) is 59.7 Å². The number of hydrogen-bond acceptors (Lipinski definition) is 3. The molecule has 0 fully saturated rings. The largest absolute Gasteiger partial charge is 0.478 e. The average Bonchev–Trinajstić information content (AvgIpc) is 2.48. The van der Waals surface area contributed by atoms with Crippen LogP contribution in [0.3, 0.4) is 0 Å². The van der Waals surface area contributed by atoms with E-state index in [1.165, 1.54) is 7.11 Å². The lowest BCUT2D eigenvalue weighted by Crippen LogP contribution is -2.05. The van der Waals surface area contributed by atoms with Gasteiger partial charge in [-0.05, 0) is 28.8 Å². The molecule has 4 heteroatoms. The standard InChI is InChI=1S/C16H14O4/c1-20-15(17)10-13-4-2-3-5-14(13)11-6-8-12(9-7-11)16(18)19/h2-9H,10H2,1H3,(H,18,19). The van der Waals surface area contributed by atoms with Crippen LogP contribution < -0.4 is 0 Å². The minimum atomic E-state index is -0.959. The van der Waals surface area contributed by atoms with Crippen LogP contribution >= 0.6 is 0 Å². The maximum Gasteiger partial charge on any atom is 0.335 e. The van der Waals surface area contributed by atoms with Gasteiger partial charge in [0, 0.05) is 0 Å². The fourth-order valence-corrected chi connectivity index (χ4v) is 1.98. The molecule has 0 radical (unpaired) electrons. The predicted octanol–water partition coefficient (Wildman–Crippen LogP) is 2.77. The van der Waals surface area contributed by atoms with E-state index in [4.69, 9.17) is 5.11 Å². The Kier molecular flexibility index (Phi) is 4.15. The molecule has 0 unspecified atom stereocenters. The van der Waals surface area contributed by atoms with Crippen molar-refractivity contribution in [2.45, 2.75) is 6.42 Å². The topological polar surface area (TPSA) is 63.6 Å². The molecule has 0 aromatic heterocycles. The van der Waals surface area contributed by atoms with Crippen LogP contribution in [0.25, 0.3) is 11.1 Å². The van der Waals surface area contributed by atoms with Crippen LogP contribution in [0.2, 0.25) is 0 Å². The van der Waals surface area contributed by atoms with Gasteiger partial charge in [-0.25, -0.2) is 4.79 Å². The van der Waals surface area contributed by atoms with Crippen molar-refractivity contribution in [1.29, 1.82) is 0 Å². The monoisotopic (exact) mass is 270 g/mol. The summed E-state index contributed by atoms with van der Waals surface area (Å²) in [7, 11) is 1.35. The van der Waals surface area contributed by atoms with Crippen LogP contribution in [-0.4, -0.2) is 24.2 Å². The van der Waals surface area contributed by atoms with Crippen molar-refractivity contribution in [2.75, 3.05) is 7.11 Å². The Balaban J connectivity index is 2.37. The normalized spacial score (nSPS) is 10.1. The zero-order chi connectivity index (χ0) is 14.5. The summed E-state index contributed by atoms with van der Waals surface area (Å²) in [4.78, 5) is 22.2. The zero-order valence-electron chi connectivity index (χ0n) is 11.0. The van der Waals surface area contributed by atoms with Gasteiger partial charge >= 0.3 is 11.9 Å². The maximum atomic E-state index is 11.4. The highest BCUT2D eigenvalue weighted by atomic mass is 16.5. The van der Waals surface area contributed by atoms with Crippen LogP contribution in [0.5, 0.6) is 0 Å². The first-order valence-corrected chi connectivity index (χ1v) is 6.10. The first-order chi connectivity index (χ1) is 9.61. The van der Waals surface area contributed by atoms with E-state index in [1.807, 2.05) is 24.3 Å². The molecule has 20 heavy (non-hydrogen) atoms. The zero-order valence-corrected chi connectivity index (χ0v) is 11.0. The molecule has 0 aliphatic heterocycles. The highest BCUT2D eigenvalue weighted by Crippen LogP contribution is 2.24. The Labute approximate surface area is 116 Å². The van der Waals surface area contributed by atoms with Gasteiger partial charge in [0.1, 0.15) is 0 Å². The van der Waals surface area contributed by atoms with E-state index in [9.17, 15) is 9.59 Å². The number of carboxylic acid groups (broad SMARTS) is 1. The Morgan fingerprint density at radius 3 is 2.30 bits per heavy atom. The molecule has 2 rings (SSSR count). The summed E-state index contributed by atoms with van der Waals surface area (Å²) < 4.78 is 4.68. The number of aromatic carboxylic acids is 1. The Morgan fingerprint density at radius 1 is 1.05 bits per heavy atom. The van der Waals surface area contributed by atoms with Crippen molar-refractivity contribution in [2.24, 2.45) is 0 Å². The molecule has 0 saturated carbocycles. The summed E-state index contributed by atoms with van der Waals surface area (Å²) in [5.41, 5.74) is 2.85. The molecular weight excluding hydrogens is 256 g/mol. The first kappa shape index (κ1) is 13.8. The fourth-order valence-electron chi connectivity index (χ4n) is 1.98. The van der Waals surface area contributed by atoms with E-state index in [-0.39, 0.29) is 18.0 Å². The lowest BCUT2D eigenvalue weighted by Gasteiger charge is -2.09. The quantitative estimate of drug-likeness (QED) is 0.868. The summed E-state index contributed by atoms with van der Waals surface area (Å²) in [5, 5.41) is 8.89. The third kappa shape index (κ3) is 3.03. The van der Waals surface area contributed by atoms with E-state index in [2.05, 4.69) is 4.74 Å². The molecule has 4 nitrogen and oxygen atoms in total. The van der Waals surface area contributed by atoms with Gasteiger partial charge in [-0.2, -0.15) is 0 Å². The lowest BCUT2D eigenvalue weighted by molar-refractivity contribution is -0.139. The molecule has 0 atom stereocenters. The molecule has 2 aromatic rings. The molecule has 1 N–H and O–H groups in total. The van der Waals surface area contributed by atoms with Crippen LogP contribution in [0.1, 0.15) is 15.9 Å². The van der Waals surface area contributed by atoms with Gasteiger partial charge < -0.3 is 9.84 Å². The van der Waals surface area contributed by atoms with Crippen LogP contribution in [0, 0.1) is 0 Å². The summed E-state index contributed by atoms with van der Waals surface area (Å²) in [6.45, 7) is 0. The van der Waals surface area contributed by atoms with Crippen molar-refractivity contribution >= 4 is 11.9 Å². The van der Waals surface area contributed by atoms with Gasteiger partial charge in [0.15, 0.2) is 0 Å². The number of benzene rings is 2. The molecule has 0 heterocycles. The molecule has 0 spiro atoms. The van der Waals surface area contributed by atoms with E-state index < -0.39 is 5.97 Å². The number of esters is 1. The van der Waals surface area contributed by atoms with E-state index in [0.29, 0.717) is 0 Å². The smallest absolute Gasteiger partial charge is 0.335 e. The van der Waals surface area contributed by atoms with Crippen LogP contribution in [0.4, 0.5) is 0 Å². The fraction of sp³-hybridized carbons (Fsp3) is 0.125. The van der Waals surface area contributed by atoms with E-state index in [1.54, 1.807) is 24.3 Å². The van der Waals surface area contributed by atoms with Crippen molar-refractivity contribution in [3.8, 4) is 11.1 Å². The molecule has 2 aromatic carbocycles. The minimum Gasteiger partial charge on any atom is -0.478 e. The number of carbonyl (C=O) groups excluding carboxylic acids is 1. The van der Waals surface area contributed by atoms with Crippen molar-refractivity contribution < 1.29 is 19.4 Å².